The molecule has 3 nitrogen and oxygen atoms in total. The Morgan fingerprint density at radius 2 is 2.19 bits per heavy atom. The molecule has 0 spiro atoms. The molecule has 0 aliphatic heterocycles. The van der Waals surface area contributed by atoms with Crippen molar-refractivity contribution in [2.24, 2.45) is 0 Å². The van der Waals surface area contributed by atoms with Crippen LogP contribution in [0.15, 0.2) is 18.2 Å². The van der Waals surface area contributed by atoms with Crippen LogP contribution in [0.1, 0.15) is 12.5 Å². The standard InChI is InChI=1S/C11H13F2NO2/c1-7(15)6-14-10(16)5-8-3-2-4-9(12)11(8)13/h2-4,7,15H,5-6H2,1H3,(H,14,16)/t7-/m1/s1. The van der Waals surface area contributed by atoms with Crippen LogP contribution in [0.4, 0.5) is 8.78 Å². The van der Waals surface area contributed by atoms with Crippen molar-refractivity contribution in [3.8, 4) is 0 Å². The number of hydrogen-bond acceptors (Lipinski definition) is 2. The van der Waals surface area contributed by atoms with Gasteiger partial charge in [-0.05, 0) is 13.0 Å². The van der Waals surface area contributed by atoms with Gasteiger partial charge in [-0.25, -0.2) is 8.78 Å². The maximum Gasteiger partial charge on any atom is 0.224 e. The van der Waals surface area contributed by atoms with Crippen LogP contribution in [0, 0.1) is 11.6 Å². The van der Waals surface area contributed by atoms with E-state index in [0.29, 0.717) is 0 Å². The second-order valence-corrected chi connectivity index (χ2v) is 3.54. The van der Waals surface area contributed by atoms with Crippen molar-refractivity contribution in [2.75, 3.05) is 6.54 Å². The number of halogens is 2. The highest BCUT2D eigenvalue weighted by Crippen LogP contribution is 2.11. The number of carbonyl (C=O) groups excluding carboxylic acids is 1. The first-order chi connectivity index (χ1) is 7.50. The molecule has 0 saturated heterocycles. The van der Waals surface area contributed by atoms with Crippen molar-refractivity contribution in [1.82, 2.24) is 5.32 Å². The van der Waals surface area contributed by atoms with Gasteiger partial charge in [-0.15, -0.1) is 0 Å². The lowest BCUT2D eigenvalue weighted by atomic mass is 10.1. The zero-order valence-electron chi connectivity index (χ0n) is 8.84. The molecule has 0 unspecified atom stereocenters. The molecule has 0 aliphatic carbocycles. The molecule has 0 saturated carbocycles. The number of carbonyl (C=O) groups is 1. The average Bonchev–Trinajstić information content (AvgIpc) is 2.22. The van der Waals surface area contributed by atoms with E-state index in [4.69, 9.17) is 5.11 Å². The smallest absolute Gasteiger partial charge is 0.224 e. The molecule has 0 aromatic heterocycles. The Labute approximate surface area is 92.1 Å². The maximum absolute atomic E-state index is 13.2. The maximum atomic E-state index is 13.2. The van der Waals surface area contributed by atoms with Gasteiger partial charge >= 0.3 is 0 Å². The van der Waals surface area contributed by atoms with Gasteiger partial charge in [0.15, 0.2) is 11.6 Å². The first-order valence-corrected chi connectivity index (χ1v) is 4.88. The van der Waals surface area contributed by atoms with Crippen molar-refractivity contribution in [3.63, 3.8) is 0 Å². The zero-order chi connectivity index (χ0) is 12.1. The van der Waals surface area contributed by atoms with Crippen LogP contribution in [0.2, 0.25) is 0 Å². The minimum absolute atomic E-state index is 0.00286. The Hall–Kier alpha value is -1.49. The van der Waals surface area contributed by atoms with E-state index >= 15 is 0 Å². The van der Waals surface area contributed by atoms with E-state index in [0.717, 1.165) is 6.07 Å². The Morgan fingerprint density at radius 1 is 1.50 bits per heavy atom. The first kappa shape index (κ1) is 12.6. The predicted octanol–water partition coefficient (Wildman–Crippen LogP) is 1.00. The van der Waals surface area contributed by atoms with Crippen LogP contribution >= 0.6 is 0 Å². The molecule has 1 aromatic carbocycles. The van der Waals surface area contributed by atoms with Gasteiger partial charge in [-0.1, -0.05) is 12.1 Å². The van der Waals surface area contributed by atoms with Crippen molar-refractivity contribution in [1.29, 1.82) is 0 Å². The third-order valence-electron chi connectivity index (χ3n) is 1.98. The fourth-order valence-corrected chi connectivity index (χ4v) is 1.18. The van der Waals surface area contributed by atoms with Crippen molar-refractivity contribution in [2.45, 2.75) is 19.4 Å². The Kier molecular flexibility index (Phi) is 4.37. The molecule has 1 atom stereocenters. The van der Waals surface area contributed by atoms with Gasteiger partial charge in [-0.2, -0.15) is 0 Å². The first-order valence-electron chi connectivity index (χ1n) is 4.88. The average molecular weight is 229 g/mol. The van der Waals surface area contributed by atoms with E-state index in [1.807, 2.05) is 0 Å². The summed E-state index contributed by atoms with van der Waals surface area (Å²) in [6.07, 6.45) is -0.905. The molecule has 5 heteroatoms. The molecule has 1 aromatic rings. The summed E-state index contributed by atoms with van der Waals surface area (Å²) in [4.78, 5) is 11.3. The number of amides is 1. The Balaban J connectivity index is 2.59. The van der Waals surface area contributed by atoms with Crippen molar-refractivity contribution in [3.05, 3.63) is 35.4 Å². The van der Waals surface area contributed by atoms with E-state index < -0.39 is 23.6 Å². The Bertz CT molecular complexity index is 380. The zero-order valence-corrected chi connectivity index (χ0v) is 8.84. The summed E-state index contributed by atoms with van der Waals surface area (Å²) in [7, 11) is 0. The quantitative estimate of drug-likeness (QED) is 0.809. The van der Waals surface area contributed by atoms with Gasteiger partial charge in [0.25, 0.3) is 0 Å². The fourth-order valence-electron chi connectivity index (χ4n) is 1.18. The summed E-state index contributed by atoms with van der Waals surface area (Å²) in [5, 5.41) is 11.3. The van der Waals surface area contributed by atoms with Crippen molar-refractivity contribution >= 4 is 5.91 Å². The van der Waals surface area contributed by atoms with Gasteiger partial charge in [0.05, 0.1) is 12.5 Å². The fraction of sp³-hybridized carbons (Fsp3) is 0.364. The van der Waals surface area contributed by atoms with Gasteiger partial charge < -0.3 is 10.4 Å². The summed E-state index contributed by atoms with van der Waals surface area (Å²) < 4.78 is 26.0. The third-order valence-corrected chi connectivity index (χ3v) is 1.98. The molecule has 0 aliphatic rings. The van der Waals surface area contributed by atoms with E-state index in [1.54, 1.807) is 0 Å². The lowest BCUT2D eigenvalue weighted by Gasteiger charge is -2.07. The number of hydrogen-bond donors (Lipinski definition) is 2. The molecule has 0 bridgehead atoms. The summed E-state index contributed by atoms with van der Waals surface area (Å²) >= 11 is 0. The second kappa shape index (κ2) is 5.55. The molecular formula is C11H13F2NO2. The van der Waals surface area contributed by atoms with E-state index in [1.165, 1.54) is 19.1 Å². The highest BCUT2D eigenvalue weighted by Gasteiger charge is 2.11. The highest BCUT2D eigenvalue weighted by atomic mass is 19.2. The molecule has 0 radical (unpaired) electrons. The van der Waals surface area contributed by atoms with Crippen LogP contribution in [0.3, 0.4) is 0 Å². The largest absolute Gasteiger partial charge is 0.392 e. The Morgan fingerprint density at radius 3 is 2.81 bits per heavy atom. The summed E-state index contributed by atoms with van der Waals surface area (Å²) in [5.74, 6) is -2.43. The van der Waals surface area contributed by atoms with Gasteiger partial charge in [-0.3, -0.25) is 4.79 Å². The summed E-state index contributed by atoms with van der Waals surface area (Å²) in [5.41, 5.74) is 0.00286. The van der Waals surface area contributed by atoms with Crippen LogP contribution in [-0.4, -0.2) is 23.7 Å². The van der Waals surface area contributed by atoms with E-state index in [-0.39, 0.29) is 18.5 Å². The van der Waals surface area contributed by atoms with Crippen LogP contribution in [0.25, 0.3) is 0 Å². The van der Waals surface area contributed by atoms with Crippen LogP contribution in [-0.2, 0) is 11.2 Å². The molecule has 0 heterocycles. The normalized spacial score (nSPS) is 12.2. The number of aliphatic hydroxyl groups is 1. The predicted molar refractivity (Wildman–Crippen MR) is 54.8 cm³/mol. The lowest BCUT2D eigenvalue weighted by molar-refractivity contribution is -0.120. The molecular weight excluding hydrogens is 216 g/mol. The van der Waals surface area contributed by atoms with E-state index in [2.05, 4.69) is 5.32 Å². The molecule has 1 rings (SSSR count). The monoisotopic (exact) mass is 229 g/mol. The molecule has 88 valence electrons. The topological polar surface area (TPSA) is 49.3 Å². The van der Waals surface area contributed by atoms with Gasteiger partial charge in [0.1, 0.15) is 0 Å². The minimum atomic E-state index is -1.00. The van der Waals surface area contributed by atoms with Crippen LogP contribution < -0.4 is 5.32 Å². The van der Waals surface area contributed by atoms with Crippen LogP contribution in [0.5, 0.6) is 0 Å². The van der Waals surface area contributed by atoms with Gasteiger partial charge in [0.2, 0.25) is 5.91 Å². The number of benzene rings is 1. The molecule has 1 amide bonds. The van der Waals surface area contributed by atoms with Crippen molar-refractivity contribution < 1.29 is 18.7 Å². The summed E-state index contributed by atoms with van der Waals surface area (Å²) in [6, 6.07) is 3.68. The molecule has 0 fully saturated rings. The molecule has 16 heavy (non-hydrogen) atoms. The second-order valence-electron chi connectivity index (χ2n) is 3.54. The third kappa shape index (κ3) is 3.58. The lowest BCUT2D eigenvalue weighted by Crippen LogP contribution is -2.31. The van der Waals surface area contributed by atoms with Gasteiger partial charge in [0, 0.05) is 12.1 Å². The number of rotatable bonds is 4. The number of aliphatic hydroxyl groups excluding tert-OH is 1. The highest BCUT2D eigenvalue weighted by molar-refractivity contribution is 5.78. The minimum Gasteiger partial charge on any atom is -0.392 e. The molecule has 2 N–H and O–H groups in total. The SMILES string of the molecule is C[C@@H](O)CNC(=O)Cc1cccc(F)c1F. The summed E-state index contributed by atoms with van der Waals surface area (Å²) in [6.45, 7) is 1.61. The number of nitrogens with one attached hydrogen (secondary N) is 1. The van der Waals surface area contributed by atoms with E-state index in [9.17, 15) is 13.6 Å².